The highest BCUT2D eigenvalue weighted by atomic mass is 14.4. The lowest BCUT2D eigenvalue weighted by Gasteiger charge is -2.28. The summed E-state index contributed by atoms with van der Waals surface area (Å²) in [5, 5.41) is 21.2. The van der Waals surface area contributed by atoms with Gasteiger partial charge in [-0.2, -0.15) is 0 Å². The highest BCUT2D eigenvalue weighted by molar-refractivity contribution is 6.43. The van der Waals surface area contributed by atoms with Gasteiger partial charge in [-0.1, -0.05) is 265 Å². The Bertz CT molecular complexity index is 4550. The molecule has 0 aliphatic heterocycles. The number of hydrogen-bond acceptors (Lipinski definition) is 0. The van der Waals surface area contributed by atoms with Gasteiger partial charge in [0.15, 0.2) is 0 Å². The third-order valence-electron chi connectivity index (χ3n) is 18.4. The van der Waals surface area contributed by atoms with Gasteiger partial charge in [-0.25, -0.2) is 0 Å². The first-order valence-electron chi connectivity index (χ1n) is 29.1. The maximum absolute atomic E-state index is 2.64. The first-order chi connectivity index (χ1) is 38.2. The Morgan fingerprint density at radius 1 is 0.200 bits per heavy atom. The predicted octanol–water partition coefficient (Wildman–Crippen LogP) is 23.3. The first kappa shape index (κ1) is 48.8. The van der Waals surface area contributed by atoms with Crippen LogP contribution < -0.4 is 0 Å². The molecule has 0 spiro atoms. The summed E-state index contributed by atoms with van der Waals surface area (Å²) in [6.07, 6.45) is 0. The van der Waals surface area contributed by atoms with E-state index in [4.69, 9.17) is 0 Å². The molecule has 0 bridgehead atoms. The van der Waals surface area contributed by atoms with Crippen LogP contribution in [0.3, 0.4) is 0 Å². The summed E-state index contributed by atoms with van der Waals surface area (Å²) in [7, 11) is 0. The van der Waals surface area contributed by atoms with Gasteiger partial charge in [0, 0.05) is 0 Å². The number of benzene rings is 12. The van der Waals surface area contributed by atoms with Gasteiger partial charge in [0.2, 0.25) is 0 Å². The summed E-state index contributed by atoms with van der Waals surface area (Å²) >= 11 is 0. The summed E-state index contributed by atoms with van der Waals surface area (Å²) < 4.78 is 0. The quantitative estimate of drug-likeness (QED) is 0.165. The van der Waals surface area contributed by atoms with Crippen LogP contribution in [-0.4, -0.2) is 0 Å². The van der Waals surface area contributed by atoms with Crippen LogP contribution in [0.4, 0.5) is 0 Å². The van der Waals surface area contributed by atoms with E-state index in [1.165, 1.54) is 175 Å². The molecule has 0 nitrogen and oxygen atoms in total. The Labute approximate surface area is 471 Å². The molecule has 0 saturated carbocycles. The van der Waals surface area contributed by atoms with Gasteiger partial charge in [0.05, 0.1) is 0 Å². The minimum Gasteiger partial charge on any atom is -0.0622 e. The minimum atomic E-state index is -0.0704. The molecule has 0 N–H and O–H groups in total. The molecular formula is C80H68. The molecule has 0 atom stereocenters. The van der Waals surface area contributed by atoms with Crippen molar-refractivity contribution in [3.05, 3.63) is 216 Å². The van der Waals surface area contributed by atoms with Crippen LogP contribution in [0.15, 0.2) is 194 Å². The number of rotatable bonds is 4. The fraction of sp³-hybridized carbons (Fsp3) is 0.200. The fourth-order valence-electron chi connectivity index (χ4n) is 14.3. The topological polar surface area (TPSA) is 0 Å². The molecule has 388 valence electrons. The highest BCUT2D eigenvalue weighted by Crippen LogP contribution is 2.61. The summed E-state index contributed by atoms with van der Waals surface area (Å²) in [6.45, 7) is 28.5. The van der Waals surface area contributed by atoms with Crippen molar-refractivity contribution < 1.29 is 0 Å². The highest BCUT2D eigenvalue weighted by Gasteiger charge is 2.34. The molecule has 15 rings (SSSR count). The van der Waals surface area contributed by atoms with Crippen LogP contribution in [0, 0.1) is 0 Å². The first-order valence-corrected chi connectivity index (χ1v) is 29.1. The maximum atomic E-state index is 2.64. The smallest absolute Gasteiger partial charge is 0.000740 e. The Hall–Kier alpha value is -8.32. The Kier molecular flexibility index (Phi) is 10.1. The molecule has 0 fully saturated rings. The van der Waals surface area contributed by atoms with Crippen molar-refractivity contribution in [2.75, 3.05) is 0 Å². The standard InChI is InChI=1S/C80H68/c1-77(2,3)50-37-48(38-51(41-50)78(4,5)6)69-64-43-62-56-33-35-60-72-61(76-68(47-25-17-14-18-26-47)55-30-20-19-29-54(55)67(75(60)76)46-23-15-13-16-24-46)36-34-57(71(56)72)63(62)44-65(64)70(49-39-52(79(7,8)9)42-53(40-49)80(10,11)12)74-59-32-22-28-45-27-21-31-58(66(45)59)73(69)74/h13-44H,1-12H3. The van der Waals surface area contributed by atoms with Gasteiger partial charge in [-0.3, -0.25) is 0 Å². The fourth-order valence-corrected chi connectivity index (χ4v) is 14.3. The van der Waals surface area contributed by atoms with Gasteiger partial charge in [0.1, 0.15) is 0 Å². The Morgan fingerprint density at radius 2 is 0.562 bits per heavy atom. The lowest BCUT2D eigenvalue weighted by atomic mass is 9.76. The van der Waals surface area contributed by atoms with E-state index in [0.29, 0.717) is 0 Å². The van der Waals surface area contributed by atoms with Crippen LogP contribution >= 0.6 is 0 Å². The molecule has 0 unspecified atom stereocenters. The zero-order valence-electron chi connectivity index (χ0n) is 48.5. The van der Waals surface area contributed by atoms with Gasteiger partial charge in [-0.15, -0.1) is 0 Å². The number of fused-ring (bicyclic) bond motifs is 11. The Morgan fingerprint density at radius 3 is 0.938 bits per heavy atom. The molecule has 0 saturated heterocycles. The minimum absolute atomic E-state index is 0.0704. The SMILES string of the molecule is CC(C)(C)c1cc(-c2c3cc4c(cc3c(-c3cc(C(C)(C)C)cc(C(C)(C)C)c3)c3c5cccc6cccc(c23)c65)c2ccc3c5c(ccc4c52)-c2c-3c(-c3ccccc3)c3ccccc3c2-c2ccccc2)cc(C(C)(C)C)c1. The largest absolute Gasteiger partial charge is 0.0622 e. The summed E-state index contributed by atoms with van der Waals surface area (Å²) in [4.78, 5) is 0. The molecule has 0 amide bonds. The summed E-state index contributed by atoms with van der Waals surface area (Å²) in [5.41, 5.74) is 20.8. The van der Waals surface area contributed by atoms with Crippen molar-refractivity contribution in [2.45, 2.75) is 105 Å². The van der Waals surface area contributed by atoms with Crippen molar-refractivity contribution >= 4 is 86.2 Å². The van der Waals surface area contributed by atoms with E-state index < -0.39 is 0 Å². The predicted molar refractivity (Wildman–Crippen MR) is 350 cm³/mol. The van der Waals surface area contributed by atoms with Crippen molar-refractivity contribution in [1.29, 1.82) is 0 Å². The van der Waals surface area contributed by atoms with Crippen LogP contribution in [0.5, 0.6) is 0 Å². The van der Waals surface area contributed by atoms with Crippen molar-refractivity contribution in [3.8, 4) is 66.8 Å². The van der Waals surface area contributed by atoms with Crippen molar-refractivity contribution in [2.24, 2.45) is 0 Å². The third-order valence-corrected chi connectivity index (χ3v) is 18.4. The van der Waals surface area contributed by atoms with E-state index >= 15 is 0 Å². The lowest BCUT2D eigenvalue weighted by Crippen LogP contribution is -2.16. The van der Waals surface area contributed by atoms with Gasteiger partial charge >= 0.3 is 0 Å². The zero-order valence-corrected chi connectivity index (χ0v) is 48.5. The molecule has 14 aromatic carbocycles. The normalized spacial score (nSPS) is 13.2. The van der Waals surface area contributed by atoms with E-state index in [9.17, 15) is 0 Å². The molecule has 1 aliphatic carbocycles. The van der Waals surface area contributed by atoms with Crippen molar-refractivity contribution in [1.82, 2.24) is 0 Å². The van der Waals surface area contributed by atoms with Crippen LogP contribution in [0.25, 0.3) is 153 Å². The second-order valence-electron chi connectivity index (χ2n) is 27.6. The van der Waals surface area contributed by atoms with E-state index in [2.05, 4.69) is 277 Å². The average Bonchev–Trinajstić information content (AvgIpc) is 2.07. The monoisotopic (exact) mass is 1030 g/mol. The molecular weight excluding hydrogens is 961 g/mol. The molecule has 0 heteroatoms. The third kappa shape index (κ3) is 7.00. The van der Waals surface area contributed by atoms with E-state index in [1.807, 2.05) is 0 Å². The van der Waals surface area contributed by atoms with Crippen LogP contribution in [-0.2, 0) is 21.7 Å². The maximum Gasteiger partial charge on any atom is -0.000740 e. The number of hydrogen-bond donors (Lipinski definition) is 0. The molecule has 1 aliphatic rings. The van der Waals surface area contributed by atoms with Gasteiger partial charge in [-0.05, 0) is 209 Å². The molecule has 0 radical (unpaired) electrons. The molecule has 14 aromatic rings. The van der Waals surface area contributed by atoms with E-state index in [-0.39, 0.29) is 21.7 Å². The van der Waals surface area contributed by atoms with Crippen LogP contribution in [0.2, 0.25) is 0 Å². The molecule has 80 heavy (non-hydrogen) atoms. The van der Waals surface area contributed by atoms with E-state index in [1.54, 1.807) is 0 Å². The summed E-state index contributed by atoms with van der Waals surface area (Å²) in [6, 6.07) is 75.8. The second-order valence-corrected chi connectivity index (χ2v) is 27.6. The second kappa shape index (κ2) is 16.6. The van der Waals surface area contributed by atoms with Gasteiger partial charge < -0.3 is 0 Å². The van der Waals surface area contributed by atoms with E-state index in [0.717, 1.165) is 0 Å². The van der Waals surface area contributed by atoms with Crippen LogP contribution in [0.1, 0.15) is 105 Å². The summed E-state index contributed by atoms with van der Waals surface area (Å²) in [5.74, 6) is 0. The zero-order chi connectivity index (χ0) is 55.1. The lowest BCUT2D eigenvalue weighted by molar-refractivity contribution is 0.568. The molecule has 0 heterocycles. The Balaban J connectivity index is 1.16. The average molecular weight is 1030 g/mol. The molecule has 0 aromatic heterocycles. The van der Waals surface area contributed by atoms with Crippen molar-refractivity contribution in [3.63, 3.8) is 0 Å². The van der Waals surface area contributed by atoms with Gasteiger partial charge in [0.25, 0.3) is 0 Å².